The van der Waals surface area contributed by atoms with Crippen LogP contribution in [-0.2, 0) is 16.1 Å². The number of anilines is 1. The summed E-state index contributed by atoms with van der Waals surface area (Å²) in [4.78, 5) is 9.43. The van der Waals surface area contributed by atoms with E-state index in [9.17, 15) is 0 Å². The maximum atomic E-state index is 5.81. The van der Waals surface area contributed by atoms with Gasteiger partial charge in [-0.05, 0) is 11.4 Å². The number of hydrogen-bond acceptors (Lipinski definition) is 6. The first-order chi connectivity index (χ1) is 7.81. The SMILES string of the molecule is COCCOCc1nc(N)c2ccsc2n1. The molecule has 0 fully saturated rings. The second-order valence-electron chi connectivity index (χ2n) is 3.21. The van der Waals surface area contributed by atoms with Crippen LogP contribution in [0.5, 0.6) is 0 Å². The second kappa shape index (κ2) is 5.20. The standard InChI is InChI=1S/C10H13N3O2S/c1-14-3-4-15-6-8-12-9(11)7-2-5-16-10(7)13-8/h2,5H,3-4,6H2,1H3,(H2,11,12,13). The Bertz CT molecular complexity index is 472. The summed E-state index contributed by atoms with van der Waals surface area (Å²) >= 11 is 1.55. The molecular weight excluding hydrogens is 226 g/mol. The van der Waals surface area contributed by atoms with E-state index in [-0.39, 0.29) is 0 Å². The van der Waals surface area contributed by atoms with Crippen molar-refractivity contribution in [2.24, 2.45) is 0 Å². The minimum absolute atomic E-state index is 0.363. The Hall–Kier alpha value is -1.24. The molecular formula is C10H13N3O2S. The molecule has 6 heteroatoms. The van der Waals surface area contributed by atoms with E-state index in [1.165, 1.54) is 0 Å². The zero-order valence-corrected chi connectivity index (χ0v) is 9.79. The van der Waals surface area contributed by atoms with Gasteiger partial charge in [-0.15, -0.1) is 11.3 Å². The Morgan fingerprint density at radius 3 is 3.06 bits per heavy atom. The third kappa shape index (κ3) is 2.46. The molecule has 0 radical (unpaired) electrons. The predicted octanol–water partition coefficient (Wildman–Crippen LogP) is 1.44. The summed E-state index contributed by atoms with van der Waals surface area (Å²) in [6, 6.07) is 1.92. The van der Waals surface area contributed by atoms with E-state index < -0.39 is 0 Å². The van der Waals surface area contributed by atoms with Crippen LogP contribution in [0.3, 0.4) is 0 Å². The summed E-state index contributed by atoms with van der Waals surface area (Å²) in [6.07, 6.45) is 0. The maximum absolute atomic E-state index is 5.81. The Morgan fingerprint density at radius 2 is 2.25 bits per heavy atom. The fraction of sp³-hybridized carbons (Fsp3) is 0.400. The summed E-state index contributed by atoms with van der Waals surface area (Å²) < 4.78 is 10.2. The number of hydrogen-bond donors (Lipinski definition) is 1. The van der Waals surface area contributed by atoms with Crippen LogP contribution in [-0.4, -0.2) is 30.3 Å². The average Bonchev–Trinajstić information content (AvgIpc) is 2.73. The lowest BCUT2D eigenvalue weighted by atomic mass is 10.4. The molecule has 0 unspecified atom stereocenters. The topological polar surface area (TPSA) is 70.3 Å². The number of fused-ring (bicyclic) bond motifs is 1. The van der Waals surface area contributed by atoms with Gasteiger partial charge in [0.2, 0.25) is 0 Å². The van der Waals surface area contributed by atoms with Crippen LogP contribution in [0.15, 0.2) is 11.4 Å². The monoisotopic (exact) mass is 239 g/mol. The van der Waals surface area contributed by atoms with Crippen LogP contribution in [0.4, 0.5) is 5.82 Å². The van der Waals surface area contributed by atoms with Crippen molar-refractivity contribution in [3.63, 3.8) is 0 Å². The van der Waals surface area contributed by atoms with Gasteiger partial charge < -0.3 is 15.2 Å². The average molecular weight is 239 g/mol. The lowest BCUT2D eigenvalue weighted by Gasteiger charge is -2.03. The summed E-state index contributed by atoms with van der Waals surface area (Å²) in [7, 11) is 1.63. The first kappa shape index (κ1) is 11.3. The highest BCUT2D eigenvalue weighted by molar-refractivity contribution is 7.16. The number of nitrogens with two attached hydrogens (primary N) is 1. The van der Waals surface area contributed by atoms with Crippen molar-refractivity contribution >= 4 is 27.4 Å². The van der Waals surface area contributed by atoms with Gasteiger partial charge in [-0.3, -0.25) is 0 Å². The third-order valence-electron chi connectivity index (χ3n) is 2.06. The molecule has 0 aliphatic heterocycles. The highest BCUT2D eigenvalue weighted by atomic mass is 32.1. The van der Waals surface area contributed by atoms with E-state index in [4.69, 9.17) is 15.2 Å². The van der Waals surface area contributed by atoms with Crippen molar-refractivity contribution < 1.29 is 9.47 Å². The maximum Gasteiger partial charge on any atom is 0.158 e. The lowest BCUT2D eigenvalue weighted by Crippen LogP contribution is -2.05. The van der Waals surface area contributed by atoms with Crippen molar-refractivity contribution in [1.82, 2.24) is 9.97 Å². The summed E-state index contributed by atoms with van der Waals surface area (Å²) in [6.45, 7) is 1.46. The number of ether oxygens (including phenoxy) is 2. The van der Waals surface area contributed by atoms with Gasteiger partial charge in [0.15, 0.2) is 5.82 Å². The predicted molar refractivity (Wildman–Crippen MR) is 63.4 cm³/mol. The molecule has 0 saturated heterocycles. The van der Waals surface area contributed by atoms with Gasteiger partial charge >= 0.3 is 0 Å². The summed E-state index contributed by atoms with van der Waals surface area (Å²) in [5, 5.41) is 2.86. The van der Waals surface area contributed by atoms with E-state index in [0.717, 1.165) is 10.2 Å². The quantitative estimate of drug-likeness (QED) is 0.799. The van der Waals surface area contributed by atoms with Crippen molar-refractivity contribution in [1.29, 1.82) is 0 Å². The van der Waals surface area contributed by atoms with Gasteiger partial charge in [-0.2, -0.15) is 0 Å². The number of methoxy groups -OCH3 is 1. The van der Waals surface area contributed by atoms with Crippen LogP contribution in [0.2, 0.25) is 0 Å². The van der Waals surface area contributed by atoms with Crippen molar-refractivity contribution in [3.8, 4) is 0 Å². The number of nitrogens with zero attached hydrogens (tertiary/aromatic N) is 2. The summed E-state index contributed by atoms with van der Waals surface area (Å²) in [5.41, 5.74) is 5.81. The molecule has 5 nitrogen and oxygen atoms in total. The summed E-state index contributed by atoms with van der Waals surface area (Å²) in [5.74, 6) is 1.13. The Morgan fingerprint density at radius 1 is 1.38 bits per heavy atom. The van der Waals surface area contributed by atoms with Crippen molar-refractivity contribution in [2.45, 2.75) is 6.61 Å². The lowest BCUT2D eigenvalue weighted by molar-refractivity contribution is 0.0588. The molecule has 0 aliphatic carbocycles. The molecule has 0 saturated carbocycles. The molecule has 2 aromatic heterocycles. The number of thiophene rings is 1. The first-order valence-corrected chi connectivity index (χ1v) is 5.75. The van der Waals surface area contributed by atoms with E-state index in [1.807, 2.05) is 11.4 Å². The molecule has 0 aromatic carbocycles. The second-order valence-corrected chi connectivity index (χ2v) is 4.10. The van der Waals surface area contributed by atoms with E-state index >= 15 is 0 Å². The molecule has 0 bridgehead atoms. The normalized spacial score (nSPS) is 11.1. The molecule has 0 atom stereocenters. The minimum atomic E-state index is 0.363. The zero-order valence-electron chi connectivity index (χ0n) is 8.97. The van der Waals surface area contributed by atoms with Crippen molar-refractivity contribution in [2.75, 3.05) is 26.1 Å². The van der Waals surface area contributed by atoms with Crippen molar-refractivity contribution in [3.05, 3.63) is 17.3 Å². The van der Waals surface area contributed by atoms with Gasteiger partial charge in [0.25, 0.3) is 0 Å². The molecule has 2 rings (SSSR count). The van der Waals surface area contributed by atoms with Gasteiger partial charge in [0, 0.05) is 7.11 Å². The van der Waals surface area contributed by atoms with Crippen LogP contribution >= 0.6 is 11.3 Å². The molecule has 2 heterocycles. The Labute approximate surface area is 97.2 Å². The Kier molecular flexibility index (Phi) is 3.66. The zero-order chi connectivity index (χ0) is 11.4. The Balaban J connectivity index is 2.06. The third-order valence-corrected chi connectivity index (χ3v) is 2.87. The molecule has 0 aliphatic rings. The molecule has 0 spiro atoms. The fourth-order valence-electron chi connectivity index (χ4n) is 1.29. The first-order valence-electron chi connectivity index (χ1n) is 4.87. The van der Waals surface area contributed by atoms with Gasteiger partial charge in [0.05, 0.1) is 18.6 Å². The number of nitrogen functional groups attached to an aromatic ring is 1. The largest absolute Gasteiger partial charge is 0.383 e. The number of aromatic nitrogens is 2. The van der Waals surface area contributed by atoms with Gasteiger partial charge in [-0.1, -0.05) is 0 Å². The molecule has 2 N–H and O–H groups in total. The van der Waals surface area contributed by atoms with Crippen LogP contribution in [0.25, 0.3) is 10.2 Å². The van der Waals surface area contributed by atoms with Crippen LogP contribution < -0.4 is 5.73 Å². The smallest absolute Gasteiger partial charge is 0.158 e. The molecule has 86 valence electrons. The number of rotatable bonds is 5. The highest BCUT2D eigenvalue weighted by Crippen LogP contribution is 2.22. The highest BCUT2D eigenvalue weighted by Gasteiger charge is 2.05. The van der Waals surface area contributed by atoms with Gasteiger partial charge in [0.1, 0.15) is 17.3 Å². The molecule has 16 heavy (non-hydrogen) atoms. The van der Waals surface area contributed by atoms with Gasteiger partial charge in [-0.25, -0.2) is 9.97 Å². The van der Waals surface area contributed by atoms with Crippen LogP contribution in [0.1, 0.15) is 5.82 Å². The minimum Gasteiger partial charge on any atom is -0.383 e. The fourth-order valence-corrected chi connectivity index (χ4v) is 2.09. The van der Waals surface area contributed by atoms with E-state index in [2.05, 4.69) is 9.97 Å². The molecule has 0 amide bonds. The van der Waals surface area contributed by atoms with E-state index in [1.54, 1.807) is 18.4 Å². The molecule has 2 aromatic rings. The van der Waals surface area contributed by atoms with Crippen LogP contribution in [0, 0.1) is 0 Å². The van der Waals surface area contributed by atoms with E-state index in [0.29, 0.717) is 31.5 Å².